The molecule has 0 spiro atoms. The Labute approximate surface area is 142 Å². The highest BCUT2D eigenvalue weighted by Gasteiger charge is 2.23. The van der Waals surface area contributed by atoms with Gasteiger partial charge in [-0.15, -0.1) is 0 Å². The Bertz CT molecular complexity index is 661. The molecule has 0 aliphatic carbocycles. The van der Waals surface area contributed by atoms with Crippen LogP contribution in [0, 0.1) is 0 Å². The molecule has 24 heavy (non-hydrogen) atoms. The van der Waals surface area contributed by atoms with Crippen molar-refractivity contribution in [1.82, 2.24) is 20.4 Å². The number of hydrogen-bond acceptors (Lipinski definition) is 5. The molecule has 1 aliphatic heterocycles. The van der Waals surface area contributed by atoms with E-state index in [0.717, 1.165) is 38.2 Å². The van der Waals surface area contributed by atoms with Crippen LogP contribution < -0.4 is 5.32 Å². The van der Waals surface area contributed by atoms with Crippen LogP contribution in [0.5, 0.6) is 0 Å². The summed E-state index contributed by atoms with van der Waals surface area (Å²) in [6, 6.07) is 6.03. The Hall–Kier alpha value is -2.21. The summed E-state index contributed by atoms with van der Waals surface area (Å²) < 4.78 is 5.20. The summed E-state index contributed by atoms with van der Waals surface area (Å²) in [4.78, 5) is 18.7. The number of piperidine rings is 1. The van der Waals surface area contributed by atoms with Gasteiger partial charge in [-0.05, 0) is 30.5 Å². The lowest BCUT2D eigenvalue weighted by Crippen LogP contribution is -2.44. The molecule has 0 saturated carbocycles. The van der Waals surface area contributed by atoms with Gasteiger partial charge in [0.1, 0.15) is 5.76 Å². The van der Waals surface area contributed by atoms with E-state index in [0.29, 0.717) is 5.69 Å². The Morgan fingerprint density at radius 2 is 2.04 bits per heavy atom. The minimum absolute atomic E-state index is 0.141. The smallest absolute Gasteiger partial charge is 0.273 e. The Balaban J connectivity index is 1.47. The SMILES string of the molecule is CC(C)c1cc(C(=O)NC2CCN(Cc3ccncc3)CC2)no1. The molecule has 0 aromatic carbocycles. The Kier molecular flexibility index (Phi) is 5.25. The van der Waals surface area contributed by atoms with Crippen molar-refractivity contribution < 1.29 is 9.32 Å². The minimum atomic E-state index is -0.141. The number of aromatic nitrogens is 2. The number of nitrogens with one attached hydrogen (secondary N) is 1. The monoisotopic (exact) mass is 328 g/mol. The molecule has 1 amide bonds. The van der Waals surface area contributed by atoms with E-state index < -0.39 is 0 Å². The van der Waals surface area contributed by atoms with Crippen LogP contribution in [0.4, 0.5) is 0 Å². The molecular weight excluding hydrogens is 304 g/mol. The summed E-state index contributed by atoms with van der Waals surface area (Å²) in [5, 5.41) is 6.94. The number of carbonyl (C=O) groups is 1. The van der Waals surface area contributed by atoms with Crippen LogP contribution in [0.15, 0.2) is 35.1 Å². The fraction of sp³-hybridized carbons (Fsp3) is 0.500. The largest absolute Gasteiger partial charge is 0.360 e. The third kappa shape index (κ3) is 4.20. The van der Waals surface area contributed by atoms with Gasteiger partial charge in [-0.25, -0.2) is 0 Å². The van der Waals surface area contributed by atoms with Crippen LogP contribution >= 0.6 is 0 Å². The lowest BCUT2D eigenvalue weighted by Gasteiger charge is -2.32. The summed E-state index contributed by atoms with van der Waals surface area (Å²) in [5.41, 5.74) is 1.65. The molecule has 0 bridgehead atoms. The van der Waals surface area contributed by atoms with Crippen molar-refractivity contribution in [2.45, 2.75) is 45.2 Å². The van der Waals surface area contributed by atoms with E-state index >= 15 is 0 Å². The highest BCUT2D eigenvalue weighted by molar-refractivity contribution is 5.92. The molecule has 0 atom stereocenters. The standard InChI is InChI=1S/C18H24N4O2/c1-13(2)17-11-16(21-24-17)18(23)20-15-5-9-22(10-6-15)12-14-3-7-19-8-4-14/h3-4,7-8,11,13,15H,5-6,9-10,12H2,1-2H3,(H,20,23). The molecule has 2 aromatic rings. The van der Waals surface area contributed by atoms with Crippen molar-refractivity contribution in [3.63, 3.8) is 0 Å². The second-order valence-corrected chi connectivity index (χ2v) is 6.65. The molecule has 0 unspecified atom stereocenters. The Morgan fingerprint density at radius 3 is 2.67 bits per heavy atom. The van der Waals surface area contributed by atoms with Crippen LogP contribution in [0.25, 0.3) is 0 Å². The average Bonchev–Trinajstić information content (AvgIpc) is 3.08. The van der Waals surface area contributed by atoms with Crippen molar-refractivity contribution in [2.75, 3.05) is 13.1 Å². The van der Waals surface area contributed by atoms with E-state index in [1.165, 1.54) is 5.56 Å². The van der Waals surface area contributed by atoms with Crippen LogP contribution in [-0.4, -0.2) is 40.1 Å². The third-order valence-electron chi connectivity index (χ3n) is 4.41. The minimum Gasteiger partial charge on any atom is -0.360 e. The summed E-state index contributed by atoms with van der Waals surface area (Å²) in [6.45, 7) is 6.91. The molecule has 1 fully saturated rings. The van der Waals surface area contributed by atoms with Crippen molar-refractivity contribution >= 4 is 5.91 Å². The van der Waals surface area contributed by atoms with Gasteiger partial charge < -0.3 is 9.84 Å². The molecule has 1 N–H and O–H groups in total. The predicted molar refractivity (Wildman–Crippen MR) is 90.6 cm³/mol. The van der Waals surface area contributed by atoms with Crippen molar-refractivity contribution in [2.24, 2.45) is 0 Å². The summed E-state index contributed by atoms with van der Waals surface area (Å²) in [5.74, 6) is 0.834. The number of amides is 1. The molecule has 6 nitrogen and oxygen atoms in total. The topological polar surface area (TPSA) is 71.3 Å². The van der Waals surface area contributed by atoms with Crippen LogP contribution in [0.2, 0.25) is 0 Å². The molecule has 1 saturated heterocycles. The first-order valence-electron chi connectivity index (χ1n) is 8.50. The van der Waals surface area contributed by atoms with E-state index in [9.17, 15) is 4.79 Å². The Morgan fingerprint density at radius 1 is 1.33 bits per heavy atom. The van der Waals surface area contributed by atoms with Gasteiger partial charge in [0.05, 0.1) is 0 Å². The first kappa shape index (κ1) is 16.6. The van der Waals surface area contributed by atoms with E-state index in [4.69, 9.17) is 4.52 Å². The third-order valence-corrected chi connectivity index (χ3v) is 4.41. The van der Waals surface area contributed by atoms with Crippen molar-refractivity contribution in [3.8, 4) is 0 Å². The summed E-state index contributed by atoms with van der Waals surface area (Å²) in [7, 11) is 0. The number of rotatable bonds is 5. The number of hydrogen-bond donors (Lipinski definition) is 1. The highest BCUT2D eigenvalue weighted by atomic mass is 16.5. The maximum atomic E-state index is 12.3. The van der Waals surface area contributed by atoms with Crippen LogP contribution in [0.1, 0.15) is 54.4 Å². The van der Waals surface area contributed by atoms with Crippen molar-refractivity contribution in [3.05, 3.63) is 47.6 Å². The highest BCUT2D eigenvalue weighted by Crippen LogP contribution is 2.17. The lowest BCUT2D eigenvalue weighted by molar-refractivity contribution is 0.0899. The number of nitrogens with zero attached hydrogens (tertiary/aromatic N) is 3. The van der Waals surface area contributed by atoms with Gasteiger partial charge in [0.2, 0.25) is 0 Å². The maximum absolute atomic E-state index is 12.3. The number of likely N-dealkylation sites (tertiary alicyclic amines) is 1. The zero-order valence-corrected chi connectivity index (χ0v) is 14.2. The van der Waals surface area contributed by atoms with Crippen LogP contribution in [0.3, 0.4) is 0 Å². The van der Waals surface area contributed by atoms with Gasteiger partial charge in [0.15, 0.2) is 5.69 Å². The molecule has 1 aliphatic rings. The fourth-order valence-corrected chi connectivity index (χ4v) is 2.91. The van der Waals surface area contributed by atoms with E-state index in [-0.39, 0.29) is 17.9 Å². The molecule has 0 radical (unpaired) electrons. The van der Waals surface area contributed by atoms with E-state index in [1.54, 1.807) is 6.07 Å². The maximum Gasteiger partial charge on any atom is 0.273 e. The first-order valence-corrected chi connectivity index (χ1v) is 8.50. The lowest BCUT2D eigenvalue weighted by atomic mass is 10.0. The first-order chi connectivity index (χ1) is 11.6. The molecule has 3 heterocycles. The molecule has 2 aromatic heterocycles. The van der Waals surface area contributed by atoms with Crippen molar-refractivity contribution in [1.29, 1.82) is 0 Å². The van der Waals surface area contributed by atoms with Gasteiger partial charge >= 0.3 is 0 Å². The normalized spacial score (nSPS) is 16.5. The summed E-state index contributed by atoms with van der Waals surface area (Å²) in [6.07, 6.45) is 5.55. The van der Waals surface area contributed by atoms with Gasteiger partial charge in [0, 0.05) is 50.1 Å². The van der Waals surface area contributed by atoms with E-state index in [2.05, 4.69) is 20.4 Å². The van der Waals surface area contributed by atoms with Gasteiger partial charge in [-0.2, -0.15) is 0 Å². The molecule has 6 heteroatoms. The molecule has 128 valence electrons. The second-order valence-electron chi connectivity index (χ2n) is 6.65. The van der Waals surface area contributed by atoms with Crippen LogP contribution in [-0.2, 0) is 6.54 Å². The van der Waals surface area contributed by atoms with Gasteiger partial charge in [-0.3, -0.25) is 14.7 Å². The number of pyridine rings is 1. The van der Waals surface area contributed by atoms with Gasteiger partial charge in [-0.1, -0.05) is 19.0 Å². The number of carbonyl (C=O) groups excluding carboxylic acids is 1. The zero-order chi connectivity index (χ0) is 16.9. The zero-order valence-electron chi connectivity index (χ0n) is 14.2. The van der Waals surface area contributed by atoms with Gasteiger partial charge in [0.25, 0.3) is 5.91 Å². The molecule has 3 rings (SSSR count). The second kappa shape index (κ2) is 7.57. The predicted octanol–water partition coefficient (Wildman–Crippen LogP) is 2.59. The fourth-order valence-electron chi connectivity index (χ4n) is 2.91. The molecular formula is C18H24N4O2. The average molecular weight is 328 g/mol. The summed E-state index contributed by atoms with van der Waals surface area (Å²) >= 11 is 0. The quantitative estimate of drug-likeness (QED) is 0.913. The van der Waals surface area contributed by atoms with E-state index in [1.807, 2.05) is 38.4 Å².